The number of nitrogen functional groups attached to an aromatic ring is 1. The number of phenolic OH excluding ortho intramolecular Hbond substituents is 1. The van der Waals surface area contributed by atoms with Gasteiger partial charge in [0.05, 0.1) is 23.6 Å². The smallest absolute Gasteiger partial charge is 0.471 e. The van der Waals surface area contributed by atoms with Crippen LogP contribution in [0.1, 0.15) is 24.8 Å². The van der Waals surface area contributed by atoms with Crippen LogP contribution in [-0.2, 0) is 9.59 Å². The van der Waals surface area contributed by atoms with E-state index in [4.69, 9.17) is 11.5 Å². The number of carbonyl (C=O) groups excluding carboxylic acids is 2. The molecule has 1 unspecified atom stereocenters. The van der Waals surface area contributed by atoms with E-state index in [1.807, 2.05) is 10.2 Å². The van der Waals surface area contributed by atoms with E-state index in [1.54, 1.807) is 47.4 Å². The number of carbonyl (C=O) groups is 2. The van der Waals surface area contributed by atoms with E-state index in [-0.39, 0.29) is 48.5 Å². The van der Waals surface area contributed by atoms with Gasteiger partial charge in [-0.05, 0) is 61.1 Å². The lowest BCUT2D eigenvalue weighted by atomic mass is 9.97. The Morgan fingerprint density at radius 2 is 1.88 bits per heavy atom. The molecule has 0 bridgehead atoms. The Morgan fingerprint density at radius 1 is 1.14 bits per heavy atom. The molecule has 5 rings (SSSR count). The lowest BCUT2D eigenvalue weighted by Gasteiger charge is -2.30. The van der Waals surface area contributed by atoms with Crippen LogP contribution < -0.4 is 26.6 Å². The predicted molar refractivity (Wildman–Crippen MR) is 155 cm³/mol. The molecular formula is C30H30F3N7O3. The van der Waals surface area contributed by atoms with Crippen molar-refractivity contribution in [2.45, 2.75) is 31.5 Å². The summed E-state index contributed by atoms with van der Waals surface area (Å²) in [5.41, 5.74) is 14.9. The molecule has 2 heterocycles. The van der Waals surface area contributed by atoms with Gasteiger partial charge in [-0.1, -0.05) is 18.2 Å². The van der Waals surface area contributed by atoms with Gasteiger partial charge in [0.15, 0.2) is 0 Å². The van der Waals surface area contributed by atoms with E-state index < -0.39 is 18.1 Å². The van der Waals surface area contributed by atoms with Gasteiger partial charge in [0.1, 0.15) is 23.2 Å². The van der Waals surface area contributed by atoms with Crippen LogP contribution in [0.25, 0.3) is 22.4 Å². The van der Waals surface area contributed by atoms with Gasteiger partial charge in [0, 0.05) is 36.8 Å². The molecule has 2 amide bonds. The fourth-order valence-electron chi connectivity index (χ4n) is 5.28. The highest BCUT2D eigenvalue weighted by Crippen LogP contribution is 2.41. The maximum Gasteiger partial charge on any atom is 0.471 e. The van der Waals surface area contributed by atoms with Crippen molar-refractivity contribution in [2.24, 2.45) is 11.7 Å². The van der Waals surface area contributed by atoms with Crippen molar-refractivity contribution in [3.63, 3.8) is 0 Å². The van der Waals surface area contributed by atoms with Gasteiger partial charge in [-0.25, -0.2) is 4.98 Å². The number of hydrogen-bond donors (Lipinski definition) is 4. The van der Waals surface area contributed by atoms with E-state index >= 15 is 0 Å². The number of phenols is 1. The van der Waals surface area contributed by atoms with Crippen LogP contribution in [-0.4, -0.2) is 60.3 Å². The lowest BCUT2D eigenvalue weighted by molar-refractivity contribution is -0.174. The zero-order chi connectivity index (χ0) is 30.9. The second-order valence-corrected chi connectivity index (χ2v) is 10.7. The minimum Gasteiger partial charge on any atom is -0.507 e. The number of nitriles is 1. The summed E-state index contributed by atoms with van der Waals surface area (Å²) in [5, 5.41) is 22.4. The largest absolute Gasteiger partial charge is 0.507 e. The van der Waals surface area contributed by atoms with Crippen LogP contribution in [0, 0.1) is 17.2 Å². The number of benzene rings is 2. The number of hydrogen-bond acceptors (Lipinski definition) is 8. The van der Waals surface area contributed by atoms with Crippen LogP contribution in [0.4, 0.5) is 30.4 Å². The number of nitrogens with one attached hydrogen (secondary N) is 1. The molecule has 2 fully saturated rings. The first-order chi connectivity index (χ1) is 20.5. The Morgan fingerprint density at radius 3 is 2.53 bits per heavy atom. The Labute approximate surface area is 245 Å². The topological polar surface area (TPSA) is 162 Å². The third-order valence-corrected chi connectivity index (χ3v) is 7.65. The summed E-state index contributed by atoms with van der Waals surface area (Å²) in [7, 11) is 0. The number of nitrogens with two attached hydrogens (primary N) is 2. The molecule has 10 nitrogen and oxygen atoms in total. The van der Waals surface area contributed by atoms with Crippen molar-refractivity contribution in [3.8, 4) is 34.2 Å². The summed E-state index contributed by atoms with van der Waals surface area (Å²) in [4.78, 5) is 32.4. The van der Waals surface area contributed by atoms with E-state index in [9.17, 15) is 33.1 Å². The molecule has 1 saturated heterocycles. The summed E-state index contributed by atoms with van der Waals surface area (Å²) in [6.45, 7) is 0.586. The van der Waals surface area contributed by atoms with Gasteiger partial charge < -0.3 is 31.7 Å². The number of para-hydroxylation sites is 1. The fraction of sp³-hybridized carbons (Fsp3) is 0.333. The number of anilines is 3. The lowest BCUT2D eigenvalue weighted by Crippen LogP contribution is -2.44. The molecule has 224 valence electrons. The van der Waals surface area contributed by atoms with Crippen LogP contribution in [0.5, 0.6) is 5.75 Å². The average Bonchev–Trinajstić information content (AvgIpc) is 3.69. The maximum atomic E-state index is 13.2. The average molecular weight is 594 g/mol. The molecule has 1 saturated carbocycles. The van der Waals surface area contributed by atoms with Gasteiger partial charge >= 0.3 is 12.1 Å². The minimum absolute atomic E-state index is 0.0218. The van der Waals surface area contributed by atoms with Gasteiger partial charge in [0.2, 0.25) is 5.91 Å². The molecule has 1 atom stereocenters. The predicted octanol–water partition coefficient (Wildman–Crippen LogP) is 3.53. The molecule has 43 heavy (non-hydrogen) atoms. The van der Waals surface area contributed by atoms with Crippen LogP contribution >= 0.6 is 0 Å². The number of amides is 2. The van der Waals surface area contributed by atoms with Crippen molar-refractivity contribution in [1.29, 1.82) is 5.26 Å². The first kappa shape index (κ1) is 29.7. The third kappa shape index (κ3) is 6.34. The number of aromatic hydroxyl groups is 1. The van der Waals surface area contributed by atoms with E-state index in [0.717, 1.165) is 12.8 Å². The second-order valence-electron chi connectivity index (χ2n) is 10.7. The molecule has 0 spiro atoms. The Kier molecular flexibility index (Phi) is 8.14. The summed E-state index contributed by atoms with van der Waals surface area (Å²) in [6.07, 6.45) is -2.82. The number of alkyl halides is 3. The number of halogens is 3. The molecule has 2 aliphatic rings. The summed E-state index contributed by atoms with van der Waals surface area (Å²) in [6, 6.07) is 14.8. The minimum atomic E-state index is -4.99. The molecule has 6 N–H and O–H groups in total. The highest BCUT2D eigenvalue weighted by atomic mass is 19.4. The number of pyridine rings is 1. The fourth-order valence-corrected chi connectivity index (χ4v) is 5.28. The molecule has 0 radical (unpaired) electrons. The first-order valence-corrected chi connectivity index (χ1v) is 13.8. The highest BCUT2D eigenvalue weighted by molar-refractivity contribution is 5.99. The maximum absolute atomic E-state index is 13.2. The Balaban J connectivity index is 1.59. The molecule has 2 aromatic carbocycles. The molecule has 1 aromatic heterocycles. The number of rotatable bonds is 8. The molecule has 3 aromatic rings. The van der Waals surface area contributed by atoms with Crippen LogP contribution in [0.15, 0.2) is 48.5 Å². The van der Waals surface area contributed by atoms with Crippen molar-refractivity contribution < 1.29 is 27.9 Å². The van der Waals surface area contributed by atoms with Gasteiger partial charge in [0.25, 0.3) is 0 Å². The second kappa shape index (κ2) is 11.8. The van der Waals surface area contributed by atoms with Crippen LogP contribution in [0.3, 0.4) is 0 Å². The normalized spacial score (nSPS) is 16.5. The van der Waals surface area contributed by atoms with E-state index in [0.29, 0.717) is 46.8 Å². The zero-order valence-corrected chi connectivity index (χ0v) is 23.1. The van der Waals surface area contributed by atoms with Crippen molar-refractivity contribution in [2.75, 3.05) is 41.7 Å². The third-order valence-electron chi connectivity index (χ3n) is 7.65. The Bertz CT molecular complexity index is 1600. The monoisotopic (exact) mass is 593 g/mol. The molecule has 1 aliphatic carbocycles. The summed E-state index contributed by atoms with van der Waals surface area (Å²) >= 11 is 0. The van der Waals surface area contributed by atoms with E-state index in [2.05, 4.69) is 11.1 Å². The van der Waals surface area contributed by atoms with Crippen molar-refractivity contribution >= 4 is 29.0 Å². The quantitative estimate of drug-likeness (QED) is 0.308. The zero-order valence-electron chi connectivity index (χ0n) is 23.1. The molecule has 13 heteroatoms. The Hall–Kier alpha value is -4.83. The van der Waals surface area contributed by atoms with Gasteiger partial charge in [-0.3, -0.25) is 9.59 Å². The van der Waals surface area contributed by atoms with Crippen LogP contribution in [0.2, 0.25) is 0 Å². The standard InChI is InChI=1S/C30H30F3N7O3/c31-30(32,33)29(43)37-19-9-10-39(16-19)24-8-7-18(11-25(24)40(27(42)14-35)15-17-5-6-17)21-12-23(38-28(36)22(21)13-34)20-3-1-2-4-26(20)41/h1-4,7-8,11-12,17,19,41H,5-6,9-10,14-16,35H2,(H2,36,38)(H,37,43). The number of nitrogens with zero attached hydrogens (tertiary/aromatic N) is 4. The molecular weight excluding hydrogens is 563 g/mol. The summed E-state index contributed by atoms with van der Waals surface area (Å²) < 4.78 is 38.6. The highest BCUT2D eigenvalue weighted by Gasteiger charge is 2.41. The van der Waals surface area contributed by atoms with Crippen molar-refractivity contribution in [3.05, 3.63) is 54.1 Å². The first-order valence-electron chi connectivity index (χ1n) is 13.8. The SMILES string of the molecule is N#Cc1c(-c2ccc(N3CCC(NC(=O)C(F)(F)F)C3)c(N(CC3CC3)C(=O)CN)c2)cc(-c2ccccc2O)nc1N. The summed E-state index contributed by atoms with van der Waals surface area (Å²) in [5.74, 6) is -2.12. The van der Waals surface area contributed by atoms with Crippen molar-refractivity contribution in [1.82, 2.24) is 10.3 Å². The van der Waals surface area contributed by atoms with E-state index in [1.165, 1.54) is 6.07 Å². The number of aromatic nitrogens is 1. The molecule has 1 aliphatic heterocycles. The van der Waals surface area contributed by atoms with Gasteiger partial charge in [-0.2, -0.15) is 18.4 Å². The van der Waals surface area contributed by atoms with Gasteiger partial charge in [-0.15, -0.1) is 0 Å².